The van der Waals surface area contributed by atoms with Crippen LogP contribution in [0, 0.1) is 0 Å². The lowest BCUT2D eigenvalue weighted by atomic mass is 10.1. The molecular formula is C12H13N3O2. The first kappa shape index (κ1) is 10.3. The van der Waals surface area contributed by atoms with Crippen LogP contribution in [0.4, 0.5) is 0 Å². The molecule has 1 aliphatic heterocycles. The molecule has 0 bridgehead atoms. The highest BCUT2D eigenvalue weighted by atomic mass is 16.1. The minimum absolute atomic E-state index is 0.0998. The fourth-order valence-corrected chi connectivity index (χ4v) is 2.29. The van der Waals surface area contributed by atoms with Gasteiger partial charge in [0.05, 0.1) is 0 Å². The minimum Gasteiger partial charge on any atom is -0.343 e. The van der Waals surface area contributed by atoms with E-state index < -0.39 is 0 Å². The van der Waals surface area contributed by atoms with Crippen molar-refractivity contribution in [1.29, 1.82) is 0 Å². The molecular weight excluding hydrogens is 218 g/mol. The molecule has 88 valence electrons. The zero-order valence-corrected chi connectivity index (χ0v) is 9.27. The van der Waals surface area contributed by atoms with Crippen molar-refractivity contribution < 1.29 is 0 Å². The van der Waals surface area contributed by atoms with E-state index in [1.807, 2.05) is 0 Å². The molecule has 2 aromatic heterocycles. The highest BCUT2D eigenvalue weighted by molar-refractivity contribution is 5.38. The minimum atomic E-state index is -0.109. The highest BCUT2D eigenvalue weighted by Crippen LogP contribution is 2.20. The zero-order valence-electron chi connectivity index (χ0n) is 9.27. The first-order valence-corrected chi connectivity index (χ1v) is 5.73. The summed E-state index contributed by atoms with van der Waals surface area (Å²) in [5.74, 6) is 0. The molecule has 3 heterocycles. The van der Waals surface area contributed by atoms with E-state index in [1.165, 1.54) is 22.7 Å². The standard InChI is InChI=1S/C12H13N3O2/c16-8-3-5-15-11(6-8)14-10(7-12(15)17)9-2-1-4-13-9/h3,5-7,9,13-14H,1-2,4H2. The number of nitrogens with one attached hydrogen (secondary N) is 2. The molecule has 0 radical (unpaired) electrons. The van der Waals surface area contributed by atoms with Gasteiger partial charge >= 0.3 is 0 Å². The van der Waals surface area contributed by atoms with Gasteiger partial charge in [-0.2, -0.15) is 0 Å². The van der Waals surface area contributed by atoms with Crippen molar-refractivity contribution in [3.05, 3.63) is 50.7 Å². The van der Waals surface area contributed by atoms with Gasteiger partial charge in [0, 0.05) is 36.1 Å². The summed E-state index contributed by atoms with van der Waals surface area (Å²) < 4.78 is 1.44. The van der Waals surface area contributed by atoms with Crippen molar-refractivity contribution in [3.8, 4) is 0 Å². The molecule has 17 heavy (non-hydrogen) atoms. The van der Waals surface area contributed by atoms with Crippen LogP contribution in [-0.4, -0.2) is 15.9 Å². The van der Waals surface area contributed by atoms with Gasteiger partial charge in [-0.3, -0.25) is 14.0 Å². The van der Waals surface area contributed by atoms with Crippen molar-refractivity contribution in [2.24, 2.45) is 0 Å². The zero-order chi connectivity index (χ0) is 11.8. The summed E-state index contributed by atoms with van der Waals surface area (Å²) >= 11 is 0. The number of nitrogens with zero attached hydrogens (tertiary/aromatic N) is 1. The van der Waals surface area contributed by atoms with Crippen LogP contribution in [0.1, 0.15) is 24.6 Å². The van der Waals surface area contributed by atoms with E-state index in [2.05, 4.69) is 10.3 Å². The van der Waals surface area contributed by atoms with E-state index in [9.17, 15) is 9.59 Å². The van der Waals surface area contributed by atoms with E-state index in [1.54, 1.807) is 6.07 Å². The van der Waals surface area contributed by atoms with E-state index in [0.717, 1.165) is 25.1 Å². The summed E-state index contributed by atoms with van der Waals surface area (Å²) in [5.41, 5.74) is 1.20. The third-order valence-electron chi connectivity index (χ3n) is 3.15. The van der Waals surface area contributed by atoms with Gasteiger partial charge in [0.25, 0.3) is 5.56 Å². The Balaban J connectivity index is 2.21. The van der Waals surface area contributed by atoms with E-state index in [0.29, 0.717) is 5.65 Å². The summed E-state index contributed by atoms with van der Waals surface area (Å²) in [5, 5.41) is 3.32. The average Bonchev–Trinajstić information content (AvgIpc) is 2.81. The molecule has 2 aromatic rings. The quantitative estimate of drug-likeness (QED) is 0.747. The lowest BCUT2D eigenvalue weighted by Crippen LogP contribution is -2.22. The van der Waals surface area contributed by atoms with Crippen molar-refractivity contribution >= 4 is 5.65 Å². The fourth-order valence-electron chi connectivity index (χ4n) is 2.29. The Morgan fingerprint density at radius 1 is 1.29 bits per heavy atom. The normalized spacial score (nSPS) is 19.9. The maximum Gasteiger partial charge on any atom is 0.257 e. The molecule has 0 aromatic carbocycles. The summed E-state index contributed by atoms with van der Waals surface area (Å²) in [6.07, 6.45) is 3.63. The molecule has 1 unspecified atom stereocenters. The van der Waals surface area contributed by atoms with Crippen LogP contribution in [0.15, 0.2) is 34.0 Å². The molecule has 0 amide bonds. The maximum atomic E-state index is 11.9. The van der Waals surface area contributed by atoms with Crippen LogP contribution in [-0.2, 0) is 0 Å². The molecule has 0 saturated carbocycles. The number of hydrogen-bond acceptors (Lipinski definition) is 3. The summed E-state index contributed by atoms with van der Waals surface area (Å²) in [6.45, 7) is 0.972. The van der Waals surface area contributed by atoms with Crippen LogP contribution in [0.3, 0.4) is 0 Å². The molecule has 0 spiro atoms. The summed E-state index contributed by atoms with van der Waals surface area (Å²) in [4.78, 5) is 26.3. The van der Waals surface area contributed by atoms with Gasteiger partial charge in [-0.05, 0) is 19.4 Å². The molecule has 1 aliphatic rings. The third-order valence-corrected chi connectivity index (χ3v) is 3.15. The van der Waals surface area contributed by atoms with E-state index >= 15 is 0 Å². The average molecular weight is 231 g/mol. The largest absolute Gasteiger partial charge is 0.343 e. The predicted molar refractivity (Wildman–Crippen MR) is 64.3 cm³/mol. The smallest absolute Gasteiger partial charge is 0.257 e. The molecule has 1 saturated heterocycles. The van der Waals surface area contributed by atoms with Crippen LogP contribution in [0.25, 0.3) is 5.65 Å². The third kappa shape index (κ3) is 1.78. The van der Waals surface area contributed by atoms with Gasteiger partial charge in [-0.15, -0.1) is 0 Å². The topological polar surface area (TPSA) is 66.4 Å². The van der Waals surface area contributed by atoms with Gasteiger partial charge in [-0.25, -0.2) is 0 Å². The number of pyridine rings is 1. The predicted octanol–water partition coefficient (Wildman–Crippen LogP) is 0.412. The van der Waals surface area contributed by atoms with Crippen LogP contribution < -0.4 is 16.3 Å². The Morgan fingerprint density at radius 2 is 2.18 bits per heavy atom. The first-order chi connectivity index (χ1) is 8.24. The Morgan fingerprint density at radius 3 is 2.94 bits per heavy atom. The molecule has 3 rings (SSSR count). The maximum absolute atomic E-state index is 11.9. The fraction of sp³-hybridized carbons (Fsp3) is 0.333. The van der Waals surface area contributed by atoms with Crippen molar-refractivity contribution in [3.63, 3.8) is 0 Å². The Hall–Kier alpha value is -1.88. The molecule has 2 N–H and O–H groups in total. The number of aromatic nitrogens is 2. The lowest BCUT2D eigenvalue weighted by Gasteiger charge is -2.11. The Labute approximate surface area is 97.1 Å². The molecule has 1 fully saturated rings. The lowest BCUT2D eigenvalue weighted by molar-refractivity contribution is 0.626. The highest BCUT2D eigenvalue weighted by Gasteiger charge is 2.17. The monoisotopic (exact) mass is 231 g/mol. The summed E-state index contributed by atoms with van der Waals surface area (Å²) in [6, 6.07) is 4.62. The first-order valence-electron chi connectivity index (χ1n) is 5.73. The second-order valence-electron chi connectivity index (χ2n) is 4.33. The van der Waals surface area contributed by atoms with Gasteiger partial charge in [-0.1, -0.05) is 0 Å². The number of H-pyrrole nitrogens is 1. The Bertz CT molecular complexity index is 665. The van der Waals surface area contributed by atoms with Crippen LogP contribution in [0.2, 0.25) is 0 Å². The van der Waals surface area contributed by atoms with E-state index in [4.69, 9.17) is 0 Å². The van der Waals surface area contributed by atoms with Crippen LogP contribution in [0.5, 0.6) is 0 Å². The van der Waals surface area contributed by atoms with Crippen molar-refractivity contribution in [2.45, 2.75) is 18.9 Å². The second-order valence-corrected chi connectivity index (χ2v) is 4.33. The van der Waals surface area contributed by atoms with Gasteiger partial charge < -0.3 is 10.3 Å². The number of rotatable bonds is 1. The summed E-state index contributed by atoms with van der Waals surface area (Å²) in [7, 11) is 0. The Kier molecular flexibility index (Phi) is 2.33. The van der Waals surface area contributed by atoms with Gasteiger partial charge in [0.15, 0.2) is 5.43 Å². The molecule has 5 heteroatoms. The number of hydrogen-bond donors (Lipinski definition) is 2. The number of aromatic amines is 1. The van der Waals surface area contributed by atoms with Crippen LogP contribution >= 0.6 is 0 Å². The van der Waals surface area contributed by atoms with E-state index in [-0.39, 0.29) is 17.0 Å². The molecule has 1 atom stereocenters. The van der Waals surface area contributed by atoms with Gasteiger partial charge in [0.2, 0.25) is 0 Å². The van der Waals surface area contributed by atoms with Gasteiger partial charge in [0.1, 0.15) is 5.65 Å². The second kappa shape index (κ2) is 3.85. The number of fused-ring (bicyclic) bond motifs is 1. The van der Waals surface area contributed by atoms with Crippen molar-refractivity contribution in [2.75, 3.05) is 6.54 Å². The van der Waals surface area contributed by atoms with Crippen molar-refractivity contribution in [1.82, 2.24) is 14.7 Å². The molecule has 0 aliphatic carbocycles. The molecule has 5 nitrogen and oxygen atoms in total. The SMILES string of the molecule is O=c1ccn2c(=O)cc(C3CCCN3)[nH]c2c1.